The molecule has 0 bridgehead atoms. The van der Waals surface area contributed by atoms with Gasteiger partial charge in [-0.1, -0.05) is 48.5 Å². The largest absolute Gasteiger partial charge is 0.480 e. The van der Waals surface area contributed by atoms with E-state index in [0.29, 0.717) is 0 Å². The summed E-state index contributed by atoms with van der Waals surface area (Å²) >= 11 is 0. The Hall–Kier alpha value is -3.39. The van der Waals surface area contributed by atoms with E-state index in [2.05, 4.69) is 17.4 Å². The summed E-state index contributed by atoms with van der Waals surface area (Å²) in [7, 11) is 0. The number of hydrogen-bond donors (Lipinski definition) is 2. The number of rotatable bonds is 7. The van der Waals surface area contributed by atoms with E-state index < -0.39 is 30.1 Å². The van der Waals surface area contributed by atoms with Crippen molar-refractivity contribution in [2.45, 2.75) is 44.2 Å². The van der Waals surface area contributed by atoms with Gasteiger partial charge in [-0.3, -0.25) is 9.59 Å². The Labute approximate surface area is 198 Å². The van der Waals surface area contributed by atoms with Crippen molar-refractivity contribution in [3.8, 4) is 11.1 Å². The molecule has 1 heterocycles. The van der Waals surface area contributed by atoms with Crippen LogP contribution < -0.4 is 5.32 Å². The highest BCUT2D eigenvalue weighted by molar-refractivity contribution is 5.92. The molecule has 1 saturated heterocycles. The third-order valence-electron chi connectivity index (χ3n) is 6.63. The summed E-state index contributed by atoms with van der Waals surface area (Å²) in [6.07, 6.45) is -0.200. The summed E-state index contributed by atoms with van der Waals surface area (Å²) in [6.45, 7) is 3.76. The highest BCUT2D eigenvalue weighted by Gasteiger charge is 2.45. The first-order chi connectivity index (χ1) is 16.3. The molecule has 2 aliphatic rings. The fraction of sp³-hybridized carbons (Fsp3) is 0.423. The minimum absolute atomic E-state index is 0.0985. The molecule has 0 spiro atoms. The summed E-state index contributed by atoms with van der Waals surface area (Å²) in [5, 5.41) is 12.1. The van der Waals surface area contributed by atoms with E-state index in [-0.39, 0.29) is 44.6 Å². The molecular formula is C26H30N2O6. The zero-order chi connectivity index (χ0) is 24.3. The first-order valence-corrected chi connectivity index (χ1v) is 11.6. The van der Waals surface area contributed by atoms with E-state index in [1.54, 1.807) is 13.8 Å². The second-order valence-corrected chi connectivity index (χ2v) is 9.07. The SMILES string of the molecule is CC(C)N(CC(=O)O)C(=O)C1(NC(=O)OCC2c3ccccc3-c3ccccc32)CCOCC1. The number of nitrogens with zero attached hydrogens (tertiary/aromatic N) is 1. The number of benzene rings is 2. The number of fused-ring (bicyclic) bond motifs is 3. The molecule has 1 fully saturated rings. The molecular weight excluding hydrogens is 436 g/mol. The molecule has 0 atom stereocenters. The summed E-state index contributed by atoms with van der Waals surface area (Å²) < 4.78 is 11.1. The molecule has 2 aromatic rings. The second-order valence-electron chi connectivity index (χ2n) is 9.07. The van der Waals surface area contributed by atoms with Gasteiger partial charge in [0.25, 0.3) is 0 Å². The van der Waals surface area contributed by atoms with E-state index >= 15 is 0 Å². The average Bonchev–Trinajstić information content (AvgIpc) is 3.15. The van der Waals surface area contributed by atoms with Gasteiger partial charge in [0.2, 0.25) is 5.91 Å². The summed E-state index contributed by atoms with van der Waals surface area (Å²) in [5.74, 6) is -1.63. The second kappa shape index (κ2) is 9.85. The highest BCUT2D eigenvalue weighted by Crippen LogP contribution is 2.44. The molecule has 0 aromatic heterocycles. The quantitative estimate of drug-likeness (QED) is 0.648. The van der Waals surface area contributed by atoms with Crippen LogP contribution in [-0.4, -0.2) is 65.9 Å². The van der Waals surface area contributed by atoms with E-state index in [4.69, 9.17) is 9.47 Å². The topological polar surface area (TPSA) is 105 Å². The van der Waals surface area contributed by atoms with Gasteiger partial charge in [0.15, 0.2) is 0 Å². The van der Waals surface area contributed by atoms with Gasteiger partial charge in [-0.25, -0.2) is 4.79 Å². The number of amides is 2. The van der Waals surface area contributed by atoms with Crippen LogP contribution in [0.25, 0.3) is 11.1 Å². The van der Waals surface area contributed by atoms with Crippen LogP contribution in [0, 0.1) is 0 Å². The van der Waals surface area contributed by atoms with Gasteiger partial charge in [-0.2, -0.15) is 0 Å². The maximum atomic E-state index is 13.5. The lowest BCUT2D eigenvalue weighted by atomic mass is 9.88. The third-order valence-corrected chi connectivity index (χ3v) is 6.63. The number of hydrogen-bond acceptors (Lipinski definition) is 5. The van der Waals surface area contributed by atoms with E-state index in [1.807, 2.05) is 36.4 Å². The number of aliphatic carboxylic acids is 1. The Bertz CT molecular complexity index is 1030. The Morgan fingerprint density at radius 3 is 2.15 bits per heavy atom. The number of nitrogens with one attached hydrogen (secondary N) is 1. The lowest BCUT2D eigenvalue weighted by Crippen LogP contribution is -2.63. The van der Waals surface area contributed by atoms with Crippen molar-refractivity contribution in [1.82, 2.24) is 10.2 Å². The van der Waals surface area contributed by atoms with Crippen LogP contribution in [-0.2, 0) is 19.1 Å². The predicted molar refractivity (Wildman–Crippen MR) is 125 cm³/mol. The van der Waals surface area contributed by atoms with Gasteiger partial charge in [-0.05, 0) is 36.1 Å². The zero-order valence-electron chi connectivity index (χ0n) is 19.5. The van der Waals surface area contributed by atoms with Crippen LogP contribution in [0.15, 0.2) is 48.5 Å². The first kappa shape index (κ1) is 23.8. The predicted octanol–water partition coefficient (Wildman–Crippen LogP) is 3.40. The number of alkyl carbamates (subject to hydrolysis) is 1. The van der Waals surface area contributed by atoms with Gasteiger partial charge < -0.3 is 24.8 Å². The van der Waals surface area contributed by atoms with Gasteiger partial charge in [0.1, 0.15) is 18.7 Å². The molecule has 8 heteroatoms. The van der Waals surface area contributed by atoms with Crippen molar-refractivity contribution >= 4 is 18.0 Å². The van der Waals surface area contributed by atoms with Crippen molar-refractivity contribution in [1.29, 1.82) is 0 Å². The maximum Gasteiger partial charge on any atom is 0.408 e. The van der Waals surface area contributed by atoms with Gasteiger partial charge in [0.05, 0.1) is 0 Å². The van der Waals surface area contributed by atoms with Crippen LogP contribution in [0.3, 0.4) is 0 Å². The number of carbonyl (C=O) groups excluding carboxylic acids is 2. The lowest BCUT2D eigenvalue weighted by Gasteiger charge is -2.40. The van der Waals surface area contributed by atoms with Crippen LogP contribution in [0.5, 0.6) is 0 Å². The highest BCUT2D eigenvalue weighted by atomic mass is 16.5. The number of ether oxygens (including phenoxy) is 2. The van der Waals surface area contributed by atoms with Crippen LogP contribution in [0.4, 0.5) is 4.79 Å². The Kier molecular flexibility index (Phi) is 6.88. The molecule has 0 unspecified atom stereocenters. The van der Waals surface area contributed by atoms with Crippen molar-refractivity contribution in [3.05, 3.63) is 59.7 Å². The van der Waals surface area contributed by atoms with Crippen molar-refractivity contribution in [3.63, 3.8) is 0 Å². The van der Waals surface area contributed by atoms with Crippen LogP contribution in [0.2, 0.25) is 0 Å². The van der Waals surface area contributed by atoms with Gasteiger partial charge >= 0.3 is 12.1 Å². The van der Waals surface area contributed by atoms with Crippen LogP contribution >= 0.6 is 0 Å². The zero-order valence-corrected chi connectivity index (χ0v) is 19.5. The summed E-state index contributed by atoms with van der Waals surface area (Å²) in [5.41, 5.74) is 3.19. The molecule has 1 aliphatic carbocycles. The number of carboxylic acid groups (broad SMARTS) is 1. The van der Waals surface area contributed by atoms with E-state index in [1.165, 1.54) is 4.90 Å². The van der Waals surface area contributed by atoms with E-state index in [0.717, 1.165) is 22.3 Å². The molecule has 2 amide bonds. The Morgan fingerprint density at radius 1 is 1.06 bits per heavy atom. The Morgan fingerprint density at radius 2 is 1.62 bits per heavy atom. The van der Waals surface area contributed by atoms with Crippen molar-refractivity contribution in [2.75, 3.05) is 26.4 Å². The van der Waals surface area contributed by atoms with Gasteiger partial charge in [0, 0.05) is 38.0 Å². The summed E-state index contributed by atoms with van der Waals surface area (Å²) in [4.78, 5) is 39.0. The molecule has 180 valence electrons. The number of carbonyl (C=O) groups is 3. The normalized spacial score (nSPS) is 16.4. The van der Waals surface area contributed by atoms with Crippen LogP contribution in [0.1, 0.15) is 43.7 Å². The molecule has 4 rings (SSSR count). The molecule has 34 heavy (non-hydrogen) atoms. The maximum absolute atomic E-state index is 13.5. The first-order valence-electron chi connectivity index (χ1n) is 11.6. The lowest BCUT2D eigenvalue weighted by molar-refractivity contribution is -0.151. The molecule has 8 nitrogen and oxygen atoms in total. The fourth-order valence-corrected chi connectivity index (χ4v) is 4.85. The molecule has 2 aromatic carbocycles. The van der Waals surface area contributed by atoms with Gasteiger partial charge in [-0.15, -0.1) is 0 Å². The van der Waals surface area contributed by atoms with Crippen molar-refractivity contribution in [2.24, 2.45) is 0 Å². The monoisotopic (exact) mass is 466 g/mol. The van der Waals surface area contributed by atoms with E-state index in [9.17, 15) is 19.5 Å². The molecule has 2 N–H and O–H groups in total. The smallest absolute Gasteiger partial charge is 0.408 e. The minimum atomic E-state index is -1.26. The molecule has 1 aliphatic heterocycles. The third kappa shape index (κ3) is 4.63. The fourth-order valence-electron chi connectivity index (χ4n) is 4.85. The molecule has 0 saturated carbocycles. The van der Waals surface area contributed by atoms with Crippen molar-refractivity contribution < 1.29 is 29.0 Å². The number of carboxylic acids is 1. The molecule has 0 radical (unpaired) electrons. The minimum Gasteiger partial charge on any atom is -0.480 e. The summed E-state index contributed by atoms with van der Waals surface area (Å²) in [6, 6.07) is 15.8. The Balaban J connectivity index is 1.50. The average molecular weight is 467 g/mol. The standard InChI is InChI=1S/C26H30N2O6/c1-17(2)28(15-23(29)30)24(31)26(11-13-33-14-12-26)27-25(32)34-16-22-20-9-5-3-7-18(20)19-8-4-6-10-21(19)22/h3-10,17,22H,11-16H2,1-2H3,(H,27,32)(H,29,30).